The minimum Gasteiger partial charge on any atom is -0.350 e. The van der Waals surface area contributed by atoms with E-state index < -0.39 is 10.0 Å². The van der Waals surface area contributed by atoms with Gasteiger partial charge >= 0.3 is 0 Å². The topological polar surface area (TPSA) is 92.5 Å². The fourth-order valence-corrected chi connectivity index (χ4v) is 4.17. The monoisotopic (exact) mass is 386 g/mol. The first-order valence-electron chi connectivity index (χ1n) is 8.89. The fourth-order valence-electron chi connectivity index (χ4n) is 3.30. The first-order chi connectivity index (χ1) is 12.9. The molecule has 8 nitrogen and oxygen atoms in total. The molecule has 3 aromatic rings. The average Bonchev–Trinajstić information content (AvgIpc) is 3.05. The van der Waals surface area contributed by atoms with E-state index >= 15 is 0 Å². The predicted octanol–water partition coefficient (Wildman–Crippen LogP) is 1.94. The number of nitrogens with one attached hydrogen (secondary N) is 1. The number of piperidine rings is 1. The minimum atomic E-state index is -3.12. The molecule has 1 aliphatic heterocycles. The third kappa shape index (κ3) is 3.79. The Morgan fingerprint density at radius 2 is 1.85 bits per heavy atom. The van der Waals surface area contributed by atoms with Crippen molar-refractivity contribution in [2.24, 2.45) is 0 Å². The second-order valence-corrected chi connectivity index (χ2v) is 8.92. The lowest BCUT2D eigenvalue weighted by Gasteiger charge is -2.30. The zero-order chi connectivity index (χ0) is 19.0. The molecule has 3 aromatic heterocycles. The second-order valence-electron chi connectivity index (χ2n) is 6.94. The number of hydrogen-bond donors (Lipinski definition) is 1. The van der Waals surface area contributed by atoms with E-state index in [1.165, 1.54) is 10.6 Å². The number of anilines is 1. The molecule has 0 radical (unpaired) electrons. The van der Waals surface area contributed by atoms with Gasteiger partial charge in [0.25, 0.3) is 0 Å². The molecule has 4 rings (SSSR count). The fraction of sp³-hybridized carbons (Fsp3) is 0.389. The Balaban J connectivity index is 1.54. The molecule has 0 atom stereocenters. The Kier molecular flexibility index (Phi) is 4.56. The maximum absolute atomic E-state index is 11.6. The van der Waals surface area contributed by atoms with Crippen LogP contribution < -0.4 is 5.32 Å². The summed E-state index contributed by atoms with van der Waals surface area (Å²) in [7, 11) is -3.12. The van der Waals surface area contributed by atoms with Crippen molar-refractivity contribution < 1.29 is 8.42 Å². The van der Waals surface area contributed by atoms with Crippen LogP contribution in [-0.2, 0) is 10.0 Å². The van der Waals surface area contributed by atoms with Gasteiger partial charge in [-0.05, 0) is 43.5 Å². The molecular weight excluding hydrogens is 364 g/mol. The Morgan fingerprint density at radius 3 is 2.52 bits per heavy atom. The van der Waals surface area contributed by atoms with Crippen molar-refractivity contribution in [2.75, 3.05) is 24.7 Å². The van der Waals surface area contributed by atoms with Gasteiger partial charge in [-0.1, -0.05) is 6.07 Å². The lowest BCUT2D eigenvalue weighted by Crippen LogP contribution is -2.42. The smallest absolute Gasteiger partial charge is 0.241 e. The van der Waals surface area contributed by atoms with Crippen LogP contribution in [0.2, 0.25) is 0 Å². The number of pyridine rings is 1. The van der Waals surface area contributed by atoms with Crippen molar-refractivity contribution in [3.05, 3.63) is 42.2 Å². The lowest BCUT2D eigenvalue weighted by atomic mass is 10.1. The molecular formula is C18H22N6O2S. The third-order valence-corrected chi connectivity index (χ3v) is 6.13. The van der Waals surface area contributed by atoms with Crippen molar-refractivity contribution in [3.8, 4) is 11.4 Å². The number of hydrogen-bond acceptors (Lipinski definition) is 6. The van der Waals surface area contributed by atoms with Crippen LogP contribution in [0.25, 0.3) is 16.9 Å². The maximum atomic E-state index is 11.6. The summed E-state index contributed by atoms with van der Waals surface area (Å²) < 4.78 is 26.6. The Bertz CT molecular complexity index is 1050. The highest BCUT2D eigenvalue weighted by Gasteiger charge is 2.25. The molecule has 0 aliphatic carbocycles. The van der Waals surface area contributed by atoms with Gasteiger partial charge in [0.15, 0.2) is 0 Å². The van der Waals surface area contributed by atoms with Gasteiger partial charge in [0.2, 0.25) is 16.0 Å². The van der Waals surface area contributed by atoms with Crippen LogP contribution in [0.1, 0.15) is 18.4 Å². The molecule has 0 unspecified atom stereocenters. The molecule has 1 saturated heterocycles. The summed E-state index contributed by atoms with van der Waals surface area (Å²) >= 11 is 0. The average molecular weight is 386 g/mol. The van der Waals surface area contributed by atoms with Crippen molar-refractivity contribution >= 4 is 21.5 Å². The van der Waals surface area contributed by atoms with Gasteiger partial charge in [0.1, 0.15) is 0 Å². The maximum Gasteiger partial charge on any atom is 0.241 e. The van der Waals surface area contributed by atoms with Crippen molar-refractivity contribution in [1.82, 2.24) is 23.9 Å². The Morgan fingerprint density at radius 1 is 1.07 bits per heavy atom. The SMILES string of the molecule is Cc1ccc(-c2ccc3cnc(NC4CCN(S(C)(=O)=O)CC4)nn23)nc1. The number of fused-ring (bicyclic) bond motifs is 1. The van der Waals surface area contributed by atoms with E-state index in [1.807, 2.05) is 41.9 Å². The molecule has 0 bridgehead atoms. The molecule has 1 N–H and O–H groups in total. The van der Waals surface area contributed by atoms with Gasteiger partial charge in [-0.3, -0.25) is 4.98 Å². The largest absolute Gasteiger partial charge is 0.350 e. The van der Waals surface area contributed by atoms with Crippen LogP contribution in [0.15, 0.2) is 36.7 Å². The van der Waals surface area contributed by atoms with Crippen LogP contribution >= 0.6 is 0 Å². The summed E-state index contributed by atoms with van der Waals surface area (Å²) in [6, 6.07) is 8.10. The number of sulfonamides is 1. The summed E-state index contributed by atoms with van der Waals surface area (Å²) in [5.74, 6) is 0.532. The minimum absolute atomic E-state index is 0.150. The predicted molar refractivity (Wildman–Crippen MR) is 104 cm³/mol. The van der Waals surface area contributed by atoms with E-state index in [0.717, 1.165) is 35.3 Å². The second kappa shape index (κ2) is 6.90. The highest BCUT2D eigenvalue weighted by Crippen LogP contribution is 2.21. The molecule has 0 spiro atoms. The molecule has 0 amide bonds. The van der Waals surface area contributed by atoms with Gasteiger partial charge in [0, 0.05) is 25.3 Å². The van der Waals surface area contributed by atoms with E-state index in [1.54, 1.807) is 6.20 Å². The standard InChI is InChI=1S/C18H22N6O2S/c1-13-3-5-16(19-11-13)17-6-4-15-12-20-18(22-24(15)17)21-14-7-9-23(10-8-14)27(2,25)26/h3-6,11-12,14H,7-10H2,1-2H3,(H,21,22). The molecule has 0 saturated carbocycles. The summed E-state index contributed by atoms with van der Waals surface area (Å²) in [6.07, 6.45) is 6.33. The van der Waals surface area contributed by atoms with Gasteiger partial charge in [-0.25, -0.2) is 22.2 Å². The normalized spacial score (nSPS) is 16.7. The third-order valence-electron chi connectivity index (χ3n) is 4.83. The lowest BCUT2D eigenvalue weighted by molar-refractivity contribution is 0.331. The number of aryl methyl sites for hydroxylation is 1. The molecule has 142 valence electrons. The zero-order valence-corrected chi connectivity index (χ0v) is 16.1. The van der Waals surface area contributed by atoms with Gasteiger partial charge in [-0.15, -0.1) is 5.10 Å². The van der Waals surface area contributed by atoms with Crippen molar-refractivity contribution in [1.29, 1.82) is 0 Å². The van der Waals surface area contributed by atoms with Crippen LogP contribution in [0.3, 0.4) is 0 Å². The van der Waals surface area contributed by atoms with Crippen LogP contribution in [-0.4, -0.2) is 57.7 Å². The molecule has 27 heavy (non-hydrogen) atoms. The highest BCUT2D eigenvalue weighted by molar-refractivity contribution is 7.88. The summed E-state index contributed by atoms with van der Waals surface area (Å²) in [5, 5.41) is 7.96. The van der Waals surface area contributed by atoms with Gasteiger partial charge in [0.05, 0.1) is 29.4 Å². The highest BCUT2D eigenvalue weighted by atomic mass is 32.2. The van der Waals surface area contributed by atoms with E-state index in [4.69, 9.17) is 0 Å². The quantitative estimate of drug-likeness (QED) is 0.737. The molecule has 1 fully saturated rings. The molecule has 4 heterocycles. The van der Waals surface area contributed by atoms with E-state index in [-0.39, 0.29) is 6.04 Å². The molecule has 1 aliphatic rings. The first kappa shape index (κ1) is 17.9. The van der Waals surface area contributed by atoms with E-state index in [0.29, 0.717) is 19.0 Å². The number of nitrogens with zero attached hydrogens (tertiary/aromatic N) is 5. The summed E-state index contributed by atoms with van der Waals surface area (Å²) in [5.41, 5.74) is 3.76. The van der Waals surface area contributed by atoms with Crippen LogP contribution in [0.4, 0.5) is 5.95 Å². The summed E-state index contributed by atoms with van der Waals surface area (Å²) in [6.45, 7) is 3.04. The Labute approximate surface area is 158 Å². The summed E-state index contributed by atoms with van der Waals surface area (Å²) in [4.78, 5) is 8.88. The van der Waals surface area contributed by atoms with E-state index in [9.17, 15) is 8.42 Å². The Hall–Kier alpha value is -2.52. The van der Waals surface area contributed by atoms with Crippen molar-refractivity contribution in [2.45, 2.75) is 25.8 Å². The number of aromatic nitrogens is 4. The van der Waals surface area contributed by atoms with Crippen molar-refractivity contribution in [3.63, 3.8) is 0 Å². The van der Waals surface area contributed by atoms with Gasteiger partial charge in [-0.2, -0.15) is 0 Å². The molecule has 9 heteroatoms. The molecule has 0 aromatic carbocycles. The number of rotatable bonds is 4. The van der Waals surface area contributed by atoms with Gasteiger partial charge < -0.3 is 5.32 Å². The zero-order valence-electron chi connectivity index (χ0n) is 15.3. The van der Waals surface area contributed by atoms with Crippen LogP contribution in [0.5, 0.6) is 0 Å². The first-order valence-corrected chi connectivity index (χ1v) is 10.7. The van der Waals surface area contributed by atoms with Crippen LogP contribution in [0, 0.1) is 6.92 Å². The van der Waals surface area contributed by atoms with E-state index in [2.05, 4.69) is 20.4 Å².